The van der Waals surface area contributed by atoms with Gasteiger partial charge in [-0.25, -0.2) is 0 Å². The first-order valence-electron chi connectivity index (χ1n) is 7.37. The molecule has 5 nitrogen and oxygen atoms in total. The maximum Gasteiger partial charge on any atom is 0.417 e. The number of nitrogens with zero attached hydrogens (tertiary/aromatic N) is 2. The Balaban J connectivity index is 1.75. The summed E-state index contributed by atoms with van der Waals surface area (Å²) < 4.78 is 45.8. The second-order valence-corrected chi connectivity index (χ2v) is 5.35. The molecule has 2 aromatic heterocycles. The molecule has 25 heavy (non-hydrogen) atoms. The quantitative estimate of drug-likeness (QED) is 0.782. The third-order valence-electron chi connectivity index (χ3n) is 3.61. The maximum atomic E-state index is 13.0. The zero-order chi connectivity index (χ0) is 18.0. The Bertz CT molecular complexity index is 883. The Labute approximate surface area is 141 Å². The molecule has 0 spiro atoms. The summed E-state index contributed by atoms with van der Waals surface area (Å²) >= 11 is 0. The molecule has 0 saturated heterocycles. The molecule has 0 atom stereocenters. The van der Waals surface area contributed by atoms with Gasteiger partial charge in [-0.3, -0.25) is 9.48 Å². The van der Waals surface area contributed by atoms with Crippen molar-refractivity contribution in [3.05, 3.63) is 65.5 Å². The fourth-order valence-corrected chi connectivity index (χ4v) is 2.46. The van der Waals surface area contributed by atoms with E-state index in [4.69, 9.17) is 4.42 Å². The Morgan fingerprint density at radius 1 is 1.24 bits per heavy atom. The number of halogens is 3. The van der Waals surface area contributed by atoms with E-state index in [1.807, 2.05) is 0 Å². The molecule has 0 aliphatic carbocycles. The van der Waals surface area contributed by atoms with Gasteiger partial charge in [0.15, 0.2) is 5.76 Å². The zero-order valence-electron chi connectivity index (χ0n) is 13.2. The van der Waals surface area contributed by atoms with E-state index in [-0.39, 0.29) is 6.54 Å². The molecule has 1 aromatic carbocycles. The summed E-state index contributed by atoms with van der Waals surface area (Å²) in [6.45, 7) is -0.000423. The summed E-state index contributed by atoms with van der Waals surface area (Å²) in [5, 5.41) is 6.69. The van der Waals surface area contributed by atoms with Crippen molar-refractivity contribution in [3.63, 3.8) is 0 Å². The van der Waals surface area contributed by atoms with Crippen molar-refractivity contribution in [2.45, 2.75) is 12.7 Å². The number of aryl methyl sites for hydroxylation is 1. The number of amides is 1. The normalized spacial score (nSPS) is 11.5. The first kappa shape index (κ1) is 16.8. The van der Waals surface area contributed by atoms with Crippen LogP contribution in [0.15, 0.2) is 53.1 Å². The minimum Gasteiger partial charge on any atom is -0.463 e. The van der Waals surface area contributed by atoms with Crippen molar-refractivity contribution in [1.29, 1.82) is 0 Å². The highest BCUT2D eigenvalue weighted by Gasteiger charge is 2.34. The van der Waals surface area contributed by atoms with Gasteiger partial charge in [-0.15, -0.1) is 0 Å². The van der Waals surface area contributed by atoms with Crippen LogP contribution in [-0.4, -0.2) is 15.7 Å². The summed E-state index contributed by atoms with van der Waals surface area (Å²) in [5.41, 5.74) is -0.182. The minimum absolute atomic E-state index is 0.000423. The highest BCUT2D eigenvalue weighted by atomic mass is 19.4. The molecule has 0 unspecified atom stereocenters. The van der Waals surface area contributed by atoms with Crippen LogP contribution < -0.4 is 5.32 Å². The highest BCUT2D eigenvalue weighted by molar-refractivity contribution is 5.95. The predicted octanol–water partition coefficient (Wildman–Crippen LogP) is 3.63. The lowest BCUT2D eigenvalue weighted by Crippen LogP contribution is -2.26. The fraction of sp³-hybridized carbons (Fsp3) is 0.176. The van der Waals surface area contributed by atoms with Crippen LogP contribution in [0.5, 0.6) is 0 Å². The Morgan fingerprint density at radius 2 is 2.00 bits per heavy atom. The number of carbonyl (C=O) groups excluding carboxylic acids is 1. The molecule has 3 aromatic rings. The number of furan rings is 1. The van der Waals surface area contributed by atoms with Crippen LogP contribution in [0.4, 0.5) is 13.2 Å². The summed E-state index contributed by atoms with van der Waals surface area (Å²) in [6, 6.07) is 9.86. The second kappa shape index (κ2) is 6.46. The lowest BCUT2D eigenvalue weighted by molar-refractivity contribution is -0.137. The molecule has 0 fully saturated rings. The van der Waals surface area contributed by atoms with Crippen LogP contribution in [0, 0.1) is 0 Å². The van der Waals surface area contributed by atoms with Crippen molar-refractivity contribution in [2.24, 2.45) is 7.05 Å². The average Bonchev–Trinajstić information content (AvgIpc) is 3.21. The topological polar surface area (TPSA) is 60.1 Å². The third kappa shape index (κ3) is 3.57. The van der Waals surface area contributed by atoms with E-state index in [9.17, 15) is 18.0 Å². The number of nitrogens with one attached hydrogen (secondary N) is 1. The van der Waals surface area contributed by atoms with Crippen molar-refractivity contribution in [3.8, 4) is 11.5 Å². The smallest absolute Gasteiger partial charge is 0.417 e. The van der Waals surface area contributed by atoms with Crippen LogP contribution in [-0.2, 0) is 19.8 Å². The number of alkyl halides is 3. The van der Waals surface area contributed by atoms with Gasteiger partial charge in [0.05, 0.1) is 29.6 Å². The number of hydrogen-bond acceptors (Lipinski definition) is 3. The number of aromatic nitrogens is 2. The SMILES string of the molecule is Cn1nc(CNC(=O)c2ccccc2C(F)(F)F)cc1-c1ccco1. The molecule has 0 aliphatic rings. The summed E-state index contributed by atoms with van der Waals surface area (Å²) in [6.07, 6.45) is -3.07. The lowest BCUT2D eigenvalue weighted by Gasteiger charge is -2.12. The van der Waals surface area contributed by atoms with Gasteiger partial charge >= 0.3 is 6.18 Å². The van der Waals surface area contributed by atoms with Crippen LogP contribution in [0.1, 0.15) is 21.6 Å². The molecule has 3 rings (SSSR count). The molecule has 2 heterocycles. The van der Waals surface area contributed by atoms with Gasteiger partial charge in [-0.05, 0) is 30.3 Å². The van der Waals surface area contributed by atoms with E-state index in [0.29, 0.717) is 17.1 Å². The maximum absolute atomic E-state index is 13.0. The van der Waals surface area contributed by atoms with Crippen LogP contribution in [0.25, 0.3) is 11.5 Å². The number of benzene rings is 1. The van der Waals surface area contributed by atoms with Gasteiger partial charge in [-0.1, -0.05) is 12.1 Å². The van der Waals surface area contributed by atoms with E-state index in [1.165, 1.54) is 18.4 Å². The van der Waals surface area contributed by atoms with Crippen LogP contribution in [0.2, 0.25) is 0 Å². The van der Waals surface area contributed by atoms with Gasteiger partial charge in [-0.2, -0.15) is 18.3 Å². The summed E-state index contributed by atoms with van der Waals surface area (Å²) in [5.74, 6) is -0.201. The first-order valence-corrected chi connectivity index (χ1v) is 7.37. The zero-order valence-corrected chi connectivity index (χ0v) is 13.2. The molecule has 1 N–H and O–H groups in total. The van der Waals surface area contributed by atoms with Crippen LogP contribution >= 0.6 is 0 Å². The van der Waals surface area contributed by atoms with E-state index in [2.05, 4.69) is 10.4 Å². The van der Waals surface area contributed by atoms with E-state index in [0.717, 1.165) is 12.1 Å². The van der Waals surface area contributed by atoms with Crippen molar-refractivity contribution in [1.82, 2.24) is 15.1 Å². The molecule has 130 valence electrons. The monoisotopic (exact) mass is 349 g/mol. The van der Waals surface area contributed by atoms with E-state index in [1.54, 1.807) is 29.9 Å². The number of rotatable bonds is 4. The third-order valence-corrected chi connectivity index (χ3v) is 3.61. The fourth-order valence-electron chi connectivity index (χ4n) is 2.46. The van der Waals surface area contributed by atoms with E-state index < -0.39 is 23.2 Å². The second-order valence-electron chi connectivity index (χ2n) is 5.35. The van der Waals surface area contributed by atoms with Crippen molar-refractivity contribution < 1.29 is 22.4 Å². The lowest BCUT2D eigenvalue weighted by atomic mass is 10.1. The molecular formula is C17H14F3N3O2. The average molecular weight is 349 g/mol. The van der Waals surface area contributed by atoms with Gasteiger partial charge in [0.2, 0.25) is 0 Å². The molecule has 1 amide bonds. The predicted molar refractivity (Wildman–Crippen MR) is 83.5 cm³/mol. The van der Waals surface area contributed by atoms with Crippen LogP contribution in [0.3, 0.4) is 0 Å². The van der Waals surface area contributed by atoms with Gasteiger partial charge < -0.3 is 9.73 Å². The van der Waals surface area contributed by atoms with Crippen molar-refractivity contribution >= 4 is 5.91 Å². The molecule has 0 saturated carbocycles. The summed E-state index contributed by atoms with van der Waals surface area (Å²) in [7, 11) is 1.71. The van der Waals surface area contributed by atoms with Crippen molar-refractivity contribution in [2.75, 3.05) is 0 Å². The minimum atomic E-state index is -4.59. The molecule has 0 aliphatic heterocycles. The standard InChI is InChI=1S/C17H14F3N3O2/c1-23-14(15-7-4-8-25-15)9-11(22-23)10-21-16(24)12-5-2-3-6-13(12)17(18,19)20/h2-9H,10H2,1H3,(H,21,24). The van der Waals surface area contributed by atoms with Gasteiger partial charge in [0.1, 0.15) is 5.69 Å². The molecule has 0 radical (unpaired) electrons. The molecule has 8 heteroatoms. The van der Waals surface area contributed by atoms with Gasteiger partial charge in [0.25, 0.3) is 5.91 Å². The first-order chi connectivity index (χ1) is 11.9. The number of hydrogen-bond donors (Lipinski definition) is 1. The highest BCUT2D eigenvalue weighted by Crippen LogP contribution is 2.31. The Kier molecular flexibility index (Phi) is 4.35. The molecule has 0 bridgehead atoms. The molecular weight excluding hydrogens is 335 g/mol. The Hall–Kier alpha value is -3.03. The largest absolute Gasteiger partial charge is 0.463 e. The van der Waals surface area contributed by atoms with E-state index >= 15 is 0 Å². The summed E-state index contributed by atoms with van der Waals surface area (Å²) in [4.78, 5) is 12.1. The Morgan fingerprint density at radius 3 is 2.68 bits per heavy atom. The number of carbonyl (C=O) groups is 1. The van der Waals surface area contributed by atoms with Gasteiger partial charge in [0, 0.05) is 7.05 Å².